The predicted octanol–water partition coefficient (Wildman–Crippen LogP) is 3.32. The largest absolute Gasteiger partial charge is 0.141 e. The lowest BCUT2D eigenvalue weighted by Gasteiger charge is -2.22. The van der Waals surface area contributed by atoms with Crippen molar-refractivity contribution in [3.63, 3.8) is 0 Å². The highest BCUT2D eigenvalue weighted by molar-refractivity contribution is 7.15. The molecule has 0 radical (unpaired) electrons. The van der Waals surface area contributed by atoms with Gasteiger partial charge in [0.1, 0.15) is 0 Å². The Hall–Kier alpha value is 0.430. The van der Waals surface area contributed by atoms with E-state index in [1.807, 2.05) is 6.66 Å². The average molecular weight is 160 g/mol. The van der Waals surface area contributed by atoms with Crippen LogP contribution in [0.4, 0.5) is 0 Å². The van der Waals surface area contributed by atoms with E-state index in [1.54, 1.807) is 0 Å². The van der Waals surface area contributed by atoms with Crippen molar-refractivity contribution in [3.8, 4) is 0 Å². The molecule has 1 heteroatoms. The minimum atomic E-state index is 1.01. The first-order valence-electron chi connectivity index (χ1n) is 4.37. The first-order valence-corrected chi connectivity index (χ1v) is 5.52. The van der Waals surface area contributed by atoms with E-state index in [4.69, 9.17) is 0 Å². The Bertz CT molecular complexity index is 63.1. The summed E-state index contributed by atoms with van der Waals surface area (Å²) in [6.45, 7) is 6.66. The summed E-state index contributed by atoms with van der Waals surface area (Å²) >= 11 is 0. The van der Waals surface area contributed by atoms with E-state index < -0.39 is 0 Å². The van der Waals surface area contributed by atoms with Gasteiger partial charge in [-0.3, -0.25) is 0 Å². The fourth-order valence-electron chi connectivity index (χ4n) is 1.74. The molecule has 1 aliphatic carbocycles. The molecule has 3 unspecified atom stereocenters. The molecule has 0 bridgehead atoms. The van der Waals surface area contributed by atoms with Gasteiger partial charge in [0, 0.05) is 0 Å². The van der Waals surface area contributed by atoms with E-state index >= 15 is 0 Å². The van der Waals surface area contributed by atoms with Crippen LogP contribution < -0.4 is 0 Å². The smallest absolute Gasteiger partial charge is 0.0440 e. The molecule has 62 valence electrons. The third-order valence-electron chi connectivity index (χ3n) is 2.20. The summed E-state index contributed by atoms with van der Waals surface area (Å²) in [4.78, 5) is 0. The lowest BCUT2D eigenvalue weighted by atomic mass is 9.84. The van der Waals surface area contributed by atoms with Crippen LogP contribution in [0.5, 0.6) is 0 Å². The fourth-order valence-corrected chi connectivity index (χ4v) is 1.74. The molecular weight excluding hydrogens is 139 g/mol. The van der Waals surface area contributed by atoms with Crippen molar-refractivity contribution in [2.75, 3.05) is 6.66 Å². The van der Waals surface area contributed by atoms with Gasteiger partial charge in [-0.25, -0.2) is 0 Å². The highest BCUT2D eigenvalue weighted by Crippen LogP contribution is 2.27. The van der Waals surface area contributed by atoms with Crippen molar-refractivity contribution in [1.82, 2.24) is 0 Å². The molecule has 0 N–H and O–H groups in total. The third kappa shape index (κ3) is 4.28. The van der Waals surface area contributed by atoms with Crippen LogP contribution in [0.1, 0.15) is 39.5 Å². The van der Waals surface area contributed by atoms with Gasteiger partial charge in [-0.15, -0.1) is 9.24 Å². The second kappa shape index (κ2) is 6.16. The van der Waals surface area contributed by atoms with E-state index in [2.05, 4.69) is 23.1 Å². The van der Waals surface area contributed by atoms with Crippen LogP contribution in [0, 0.1) is 11.8 Å². The molecule has 0 spiro atoms. The molecule has 10 heavy (non-hydrogen) atoms. The molecule has 0 amide bonds. The number of rotatable bonds is 0. The van der Waals surface area contributed by atoms with Gasteiger partial charge in [-0.1, -0.05) is 39.8 Å². The quantitative estimate of drug-likeness (QED) is 0.477. The normalized spacial score (nSPS) is 32.4. The Labute approximate surface area is 68.0 Å². The van der Waals surface area contributed by atoms with Gasteiger partial charge >= 0.3 is 0 Å². The standard InChI is InChI=1S/C8H16.CH5P/c1-7-4-3-5-8(2)6-7;1-2/h7-8H,3-6H2,1-2H3;2H2,1H3. The molecule has 0 nitrogen and oxygen atoms in total. The summed E-state index contributed by atoms with van der Waals surface area (Å²) in [5.74, 6) is 2.03. The molecule has 1 saturated carbocycles. The van der Waals surface area contributed by atoms with Crippen molar-refractivity contribution in [2.45, 2.75) is 39.5 Å². The molecule has 0 aromatic carbocycles. The first kappa shape index (κ1) is 10.4. The summed E-state index contributed by atoms with van der Waals surface area (Å²) in [6, 6.07) is 0. The Kier molecular flexibility index (Phi) is 6.43. The molecule has 0 aromatic heterocycles. The summed E-state index contributed by atoms with van der Waals surface area (Å²) in [7, 11) is 2.42. The molecule has 1 aliphatic rings. The summed E-state index contributed by atoms with van der Waals surface area (Å²) in [5.41, 5.74) is 0. The van der Waals surface area contributed by atoms with Crippen molar-refractivity contribution in [2.24, 2.45) is 11.8 Å². The van der Waals surface area contributed by atoms with Crippen LogP contribution in [-0.4, -0.2) is 6.66 Å². The highest BCUT2D eigenvalue weighted by Gasteiger charge is 2.13. The van der Waals surface area contributed by atoms with Crippen LogP contribution in [0.15, 0.2) is 0 Å². The second-order valence-corrected chi connectivity index (χ2v) is 3.38. The number of hydrogen-bond acceptors (Lipinski definition) is 0. The summed E-state index contributed by atoms with van der Waals surface area (Å²) in [6.07, 6.45) is 5.90. The minimum absolute atomic E-state index is 1.01. The zero-order valence-electron chi connectivity index (χ0n) is 7.56. The topological polar surface area (TPSA) is 0 Å². The van der Waals surface area contributed by atoms with Gasteiger partial charge in [0.05, 0.1) is 0 Å². The molecular formula is C9H21P. The average Bonchev–Trinajstić information content (AvgIpc) is 1.91. The molecule has 0 heterocycles. The van der Waals surface area contributed by atoms with E-state index in [1.165, 1.54) is 25.7 Å². The van der Waals surface area contributed by atoms with Crippen LogP contribution in [0.3, 0.4) is 0 Å². The van der Waals surface area contributed by atoms with Crippen LogP contribution in [0.2, 0.25) is 0 Å². The Balaban J connectivity index is 0.000000371. The molecule has 0 aromatic rings. The van der Waals surface area contributed by atoms with Crippen molar-refractivity contribution >= 4 is 9.24 Å². The maximum absolute atomic E-state index is 2.42. The monoisotopic (exact) mass is 160 g/mol. The Morgan fingerprint density at radius 3 is 1.60 bits per heavy atom. The van der Waals surface area contributed by atoms with Crippen LogP contribution >= 0.6 is 9.24 Å². The van der Waals surface area contributed by atoms with Gasteiger partial charge in [-0.2, -0.15) is 0 Å². The molecule has 3 atom stereocenters. The third-order valence-corrected chi connectivity index (χ3v) is 2.20. The maximum Gasteiger partial charge on any atom is -0.0440 e. The lowest BCUT2D eigenvalue weighted by molar-refractivity contribution is 0.301. The van der Waals surface area contributed by atoms with Crippen LogP contribution in [-0.2, 0) is 0 Å². The zero-order valence-corrected chi connectivity index (χ0v) is 8.72. The maximum atomic E-state index is 2.42. The highest BCUT2D eigenvalue weighted by atomic mass is 31.0. The Morgan fingerprint density at radius 1 is 1.00 bits per heavy atom. The Morgan fingerprint density at radius 2 is 1.40 bits per heavy atom. The molecule has 0 saturated heterocycles. The SMILES string of the molecule is CC1CCCC(C)C1.CP. The van der Waals surface area contributed by atoms with E-state index in [0.29, 0.717) is 0 Å². The van der Waals surface area contributed by atoms with Crippen molar-refractivity contribution in [3.05, 3.63) is 0 Å². The van der Waals surface area contributed by atoms with Gasteiger partial charge in [0.2, 0.25) is 0 Å². The summed E-state index contributed by atoms with van der Waals surface area (Å²) < 4.78 is 0. The van der Waals surface area contributed by atoms with Crippen molar-refractivity contribution in [1.29, 1.82) is 0 Å². The first-order chi connectivity index (χ1) is 4.79. The second-order valence-electron chi connectivity index (χ2n) is 3.38. The van der Waals surface area contributed by atoms with E-state index in [9.17, 15) is 0 Å². The zero-order chi connectivity index (χ0) is 7.98. The molecule has 1 rings (SSSR count). The van der Waals surface area contributed by atoms with Gasteiger partial charge < -0.3 is 0 Å². The predicted molar refractivity (Wildman–Crippen MR) is 52.4 cm³/mol. The summed E-state index contributed by atoms with van der Waals surface area (Å²) in [5, 5.41) is 0. The lowest BCUT2D eigenvalue weighted by Crippen LogP contribution is -2.09. The van der Waals surface area contributed by atoms with Crippen LogP contribution in [0.25, 0.3) is 0 Å². The fraction of sp³-hybridized carbons (Fsp3) is 1.00. The van der Waals surface area contributed by atoms with Gasteiger partial charge in [0.25, 0.3) is 0 Å². The molecule has 1 fully saturated rings. The molecule has 0 aliphatic heterocycles. The van der Waals surface area contributed by atoms with E-state index in [-0.39, 0.29) is 0 Å². The number of hydrogen-bond donors (Lipinski definition) is 0. The van der Waals surface area contributed by atoms with Gasteiger partial charge in [0.15, 0.2) is 0 Å². The van der Waals surface area contributed by atoms with Gasteiger partial charge in [-0.05, 0) is 18.3 Å². The van der Waals surface area contributed by atoms with Crippen molar-refractivity contribution < 1.29 is 0 Å². The minimum Gasteiger partial charge on any atom is -0.141 e. The van der Waals surface area contributed by atoms with E-state index in [0.717, 1.165) is 11.8 Å².